The molecule has 0 radical (unpaired) electrons. The summed E-state index contributed by atoms with van der Waals surface area (Å²) in [6.45, 7) is 3.38. The molecule has 0 aliphatic carbocycles. The number of azo groups is 1. The van der Waals surface area contributed by atoms with E-state index in [0.29, 0.717) is 11.7 Å². The molecule has 7 heteroatoms. The van der Waals surface area contributed by atoms with Gasteiger partial charge < -0.3 is 9.47 Å². The molecule has 5 nitrogen and oxygen atoms in total. The number of hydrogen-bond donors (Lipinski definition) is 0. The molecule has 3 aromatic rings. The first kappa shape index (κ1) is 22.7. The van der Waals surface area contributed by atoms with Crippen LogP contribution in [0.15, 0.2) is 52.7 Å². The molecule has 3 rings (SSSR count). The van der Waals surface area contributed by atoms with Crippen LogP contribution in [0, 0.1) is 0 Å². The summed E-state index contributed by atoms with van der Waals surface area (Å²) in [6, 6.07) is 13.6. The average Bonchev–Trinajstić information content (AvgIpc) is 3.17. The van der Waals surface area contributed by atoms with Crippen molar-refractivity contribution in [2.75, 3.05) is 18.5 Å². The third kappa shape index (κ3) is 7.36. The van der Waals surface area contributed by atoms with Crippen LogP contribution in [0.1, 0.15) is 45.4 Å². The van der Waals surface area contributed by atoms with Gasteiger partial charge in [0.15, 0.2) is 0 Å². The first-order valence-electron chi connectivity index (χ1n) is 10.5. The number of unbranched alkanes of at least 4 members (excludes halogenated alkanes) is 5. The third-order valence-corrected chi connectivity index (χ3v) is 6.01. The van der Waals surface area contributed by atoms with Crippen molar-refractivity contribution < 1.29 is 9.47 Å². The Bertz CT molecular complexity index is 928. The number of rotatable bonds is 13. The van der Waals surface area contributed by atoms with Crippen LogP contribution in [0.3, 0.4) is 0 Å². The smallest absolute Gasteiger partial charge is 0.231 e. The van der Waals surface area contributed by atoms with Gasteiger partial charge in [-0.1, -0.05) is 53.0 Å². The van der Waals surface area contributed by atoms with Crippen LogP contribution in [0.2, 0.25) is 0 Å². The number of alkyl halides is 1. The first-order chi connectivity index (χ1) is 14.8. The summed E-state index contributed by atoms with van der Waals surface area (Å²) in [6.07, 6.45) is 7.50. The van der Waals surface area contributed by atoms with Gasteiger partial charge in [-0.25, -0.2) is 4.98 Å². The molecule has 0 saturated carbocycles. The van der Waals surface area contributed by atoms with Crippen molar-refractivity contribution in [3.8, 4) is 11.5 Å². The molecule has 0 spiro atoms. The van der Waals surface area contributed by atoms with Gasteiger partial charge in [-0.3, -0.25) is 0 Å². The Kier molecular flexibility index (Phi) is 9.57. The van der Waals surface area contributed by atoms with Crippen LogP contribution >= 0.6 is 27.3 Å². The molecule has 0 fully saturated rings. The second-order valence-electron chi connectivity index (χ2n) is 6.91. The Morgan fingerprint density at radius 3 is 2.37 bits per heavy atom. The monoisotopic (exact) mass is 489 g/mol. The van der Waals surface area contributed by atoms with Gasteiger partial charge in [0.25, 0.3) is 0 Å². The van der Waals surface area contributed by atoms with E-state index in [1.807, 2.05) is 49.4 Å². The van der Waals surface area contributed by atoms with E-state index in [9.17, 15) is 0 Å². The van der Waals surface area contributed by atoms with Gasteiger partial charge >= 0.3 is 0 Å². The molecule has 0 unspecified atom stereocenters. The first-order valence-corrected chi connectivity index (χ1v) is 12.5. The Morgan fingerprint density at radius 1 is 0.867 bits per heavy atom. The lowest BCUT2D eigenvalue weighted by atomic mass is 10.1. The number of fused-ring (bicyclic) bond motifs is 1. The van der Waals surface area contributed by atoms with E-state index in [-0.39, 0.29) is 0 Å². The molecule has 1 heterocycles. The number of halogens is 1. The zero-order valence-corrected chi connectivity index (χ0v) is 19.8. The summed E-state index contributed by atoms with van der Waals surface area (Å²) >= 11 is 4.97. The van der Waals surface area contributed by atoms with Gasteiger partial charge in [0.2, 0.25) is 5.13 Å². The number of thiazole rings is 1. The van der Waals surface area contributed by atoms with E-state index in [2.05, 4.69) is 31.1 Å². The lowest BCUT2D eigenvalue weighted by Gasteiger charge is -2.06. The fraction of sp³-hybridized carbons (Fsp3) is 0.435. The molecule has 30 heavy (non-hydrogen) atoms. The summed E-state index contributed by atoms with van der Waals surface area (Å²) in [5, 5.41) is 10.3. The van der Waals surface area contributed by atoms with Crippen LogP contribution in [-0.2, 0) is 0 Å². The molecular weight excluding hydrogens is 462 g/mol. The quantitative estimate of drug-likeness (QED) is 0.138. The van der Waals surface area contributed by atoms with E-state index in [4.69, 9.17) is 9.47 Å². The fourth-order valence-electron chi connectivity index (χ4n) is 3.00. The van der Waals surface area contributed by atoms with Gasteiger partial charge in [-0.2, -0.15) is 0 Å². The highest BCUT2D eigenvalue weighted by Crippen LogP contribution is 2.32. The van der Waals surface area contributed by atoms with Crippen molar-refractivity contribution >= 4 is 48.3 Å². The van der Waals surface area contributed by atoms with Gasteiger partial charge in [0, 0.05) is 5.33 Å². The summed E-state index contributed by atoms with van der Waals surface area (Å²) in [4.78, 5) is 4.50. The Morgan fingerprint density at radius 2 is 1.60 bits per heavy atom. The van der Waals surface area contributed by atoms with E-state index in [0.717, 1.165) is 45.8 Å². The number of benzene rings is 2. The minimum atomic E-state index is 0.634. The van der Waals surface area contributed by atoms with E-state index < -0.39 is 0 Å². The van der Waals surface area contributed by atoms with Crippen molar-refractivity contribution in [1.82, 2.24) is 4.98 Å². The largest absolute Gasteiger partial charge is 0.494 e. The van der Waals surface area contributed by atoms with Crippen molar-refractivity contribution in [1.29, 1.82) is 0 Å². The topological polar surface area (TPSA) is 56.1 Å². The highest BCUT2D eigenvalue weighted by atomic mass is 79.9. The molecule has 0 bridgehead atoms. The number of nitrogens with zero attached hydrogens (tertiary/aromatic N) is 3. The second-order valence-corrected chi connectivity index (χ2v) is 8.71. The van der Waals surface area contributed by atoms with Gasteiger partial charge in [0.05, 0.1) is 29.1 Å². The molecular formula is C23H28BrN3O2S. The van der Waals surface area contributed by atoms with Gasteiger partial charge in [-0.15, -0.1) is 10.2 Å². The molecule has 1 aromatic heterocycles. The number of ether oxygens (including phenoxy) is 2. The molecule has 0 atom stereocenters. The molecule has 0 aliphatic rings. The number of aromatic nitrogens is 1. The minimum absolute atomic E-state index is 0.634. The summed E-state index contributed by atoms with van der Waals surface area (Å²) in [7, 11) is 0. The number of hydrogen-bond acceptors (Lipinski definition) is 6. The van der Waals surface area contributed by atoms with Crippen molar-refractivity contribution in [3.63, 3.8) is 0 Å². The molecule has 0 amide bonds. The Balaban J connectivity index is 1.44. The standard InChI is InChI=1S/C23H28BrN3O2S/c1-2-28-20-13-14-21-22(17-20)30-23(25-21)27-26-18-9-11-19(12-10-18)29-16-8-6-4-3-5-7-15-24/h9-14,17H,2-8,15-16H2,1H3. The second kappa shape index (κ2) is 12.6. The van der Waals surface area contributed by atoms with Crippen LogP contribution in [0.25, 0.3) is 10.2 Å². The maximum absolute atomic E-state index is 5.82. The highest BCUT2D eigenvalue weighted by Gasteiger charge is 2.05. The molecule has 0 N–H and O–H groups in total. The SMILES string of the molecule is CCOc1ccc2nc(N=Nc3ccc(OCCCCCCCCBr)cc3)sc2c1. The predicted octanol–water partition coefficient (Wildman–Crippen LogP) is 8.22. The van der Waals surface area contributed by atoms with E-state index in [1.165, 1.54) is 43.4 Å². The molecule has 0 saturated heterocycles. The maximum atomic E-state index is 5.82. The Labute approximate surface area is 190 Å². The normalized spacial score (nSPS) is 11.4. The average molecular weight is 490 g/mol. The van der Waals surface area contributed by atoms with Crippen LogP contribution in [0.5, 0.6) is 11.5 Å². The van der Waals surface area contributed by atoms with Crippen LogP contribution in [0.4, 0.5) is 10.8 Å². The molecule has 160 valence electrons. The zero-order chi connectivity index (χ0) is 21.0. The lowest BCUT2D eigenvalue weighted by Crippen LogP contribution is -1.96. The highest BCUT2D eigenvalue weighted by molar-refractivity contribution is 9.09. The van der Waals surface area contributed by atoms with E-state index in [1.54, 1.807) is 0 Å². The third-order valence-electron chi connectivity index (χ3n) is 4.54. The lowest BCUT2D eigenvalue weighted by molar-refractivity contribution is 0.304. The summed E-state index contributed by atoms with van der Waals surface area (Å²) < 4.78 is 12.4. The predicted molar refractivity (Wildman–Crippen MR) is 128 cm³/mol. The van der Waals surface area contributed by atoms with Gasteiger partial charge in [-0.05, 0) is 62.2 Å². The minimum Gasteiger partial charge on any atom is -0.494 e. The van der Waals surface area contributed by atoms with Crippen molar-refractivity contribution in [2.24, 2.45) is 10.2 Å². The van der Waals surface area contributed by atoms with Crippen LogP contribution in [-0.4, -0.2) is 23.5 Å². The van der Waals surface area contributed by atoms with E-state index >= 15 is 0 Å². The maximum Gasteiger partial charge on any atom is 0.231 e. The van der Waals surface area contributed by atoms with Crippen LogP contribution < -0.4 is 9.47 Å². The molecule has 2 aromatic carbocycles. The fourth-order valence-corrected chi connectivity index (χ4v) is 4.21. The molecule has 0 aliphatic heterocycles. The summed E-state index contributed by atoms with van der Waals surface area (Å²) in [5.74, 6) is 1.72. The van der Waals surface area contributed by atoms with Crippen molar-refractivity contribution in [3.05, 3.63) is 42.5 Å². The van der Waals surface area contributed by atoms with Gasteiger partial charge in [0.1, 0.15) is 11.5 Å². The summed E-state index contributed by atoms with van der Waals surface area (Å²) in [5.41, 5.74) is 1.69. The zero-order valence-electron chi connectivity index (χ0n) is 17.3. The Hall–Kier alpha value is -1.99. The van der Waals surface area contributed by atoms with Crippen molar-refractivity contribution in [2.45, 2.75) is 45.4 Å².